The Kier molecular flexibility index (Phi) is 3.28. The fraction of sp³-hybridized carbons (Fsp3) is 0.316. The van der Waals surface area contributed by atoms with E-state index >= 15 is 0 Å². The summed E-state index contributed by atoms with van der Waals surface area (Å²) in [7, 11) is 0. The van der Waals surface area contributed by atoms with Gasteiger partial charge in [-0.2, -0.15) is 0 Å². The second-order valence-electron chi connectivity index (χ2n) is 6.94. The average molecular weight is 351 g/mol. The number of aromatic nitrogens is 2. The Morgan fingerprint density at radius 3 is 3.00 bits per heavy atom. The number of benzene rings is 1. The van der Waals surface area contributed by atoms with Gasteiger partial charge in [0.15, 0.2) is 0 Å². The van der Waals surface area contributed by atoms with E-state index in [1.807, 2.05) is 39.8 Å². The lowest BCUT2D eigenvalue weighted by Crippen LogP contribution is -2.49. The summed E-state index contributed by atoms with van der Waals surface area (Å²) in [5, 5.41) is 0. The van der Waals surface area contributed by atoms with Crippen LogP contribution in [0.2, 0.25) is 0 Å². The largest absolute Gasteiger partial charge is 0.338 e. The molecule has 25 heavy (non-hydrogen) atoms. The standard InChI is InChI=1S/C19H17N3O2S/c23-18-3-1-2-16-14-6-12(9-22(16)18)8-21(10-14)19(24)13-4-5-15-17(7-13)25-11-20-15/h1-5,7,11-12,14H,6,8-10H2/t12-,14+/m0/s1. The molecule has 4 heterocycles. The van der Waals surface area contributed by atoms with Gasteiger partial charge in [-0.05, 0) is 36.6 Å². The molecule has 3 aromatic rings. The monoisotopic (exact) mass is 351 g/mol. The molecule has 2 atom stereocenters. The fourth-order valence-corrected chi connectivity index (χ4v) is 4.95. The molecule has 1 fully saturated rings. The number of rotatable bonds is 1. The van der Waals surface area contributed by atoms with Crippen LogP contribution >= 0.6 is 11.3 Å². The zero-order valence-corrected chi connectivity index (χ0v) is 14.4. The van der Waals surface area contributed by atoms with E-state index in [0.717, 1.165) is 34.4 Å². The van der Waals surface area contributed by atoms with E-state index < -0.39 is 0 Å². The molecule has 6 heteroatoms. The molecule has 0 saturated carbocycles. The summed E-state index contributed by atoms with van der Waals surface area (Å²) in [5.41, 5.74) is 4.60. The molecule has 1 aromatic carbocycles. The molecule has 2 bridgehead atoms. The van der Waals surface area contributed by atoms with E-state index in [1.54, 1.807) is 22.9 Å². The molecule has 0 spiro atoms. The highest BCUT2D eigenvalue weighted by Gasteiger charge is 2.36. The van der Waals surface area contributed by atoms with Crippen LogP contribution in [-0.4, -0.2) is 33.4 Å². The fourth-order valence-electron chi connectivity index (χ4n) is 4.23. The minimum atomic E-state index is 0.0719. The van der Waals surface area contributed by atoms with E-state index in [-0.39, 0.29) is 17.4 Å². The van der Waals surface area contributed by atoms with Crippen LogP contribution in [0.15, 0.2) is 46.7 Å². The minimum absolute atomic E-state index is 0.0719. The second-order valence-corrected chi connectivity index (χ2v) is 7.83. The molecule has 126 valence electrons. The van der Waals surface area contributed by atoms with Gasteiger partial charge in [-0.15, -0.1) is 11.3 Å². The average Bonchev–Trinajstić information content (AvgIpc) is 3.09. The van der Waals surface area contributed by atoms with Crippen LogP contribution < -0.4 is 5.56 Å². The van der Waals surface area contributed by atoms with Crippen LogP contribution in [0.4, 0.5) is 0 Å². The van der Waals surface area contributed by atoms with E-state index in [4.69, 9.17) is 0 Å². The van der Waals surface area contributed by atoms with Gasteiger partial charge in [0.1, 0.15) is 0 Å². The first-order valence-corrected chi connectivity index (χ1v) is 9.39. The van der Waals surface area contributed by atoms with Gasteiger partial charge in [-0.25, -0.2) is 4.98 Å². The number of amides is 1. The number of nitrogens with zero attached hydrogens (tertiary/aromatic N) is 3. The lowest BCUT2D eigenvalue weighted by atomic mass is 9.83. The number of hydrogen-bond acceptors (Lipinski definition) is 4. The zero-order chi connectivity index (χ0) is 17.0. The van der Waals surface area contributed by atoms with E-state index in [0.29, 0.717) is 19.0 Å². The molecule has 2 aliphatic rings. The summed E-state index contributed by atoms with van der Waals surface area (Å²) in [4.78, 5) is 31.4. The third-order valence-electron chi connectivity index (χ3n) is 5.35. The van der Waals surface area contributed by atoms with Gasteiger partial charge in [-0.1, -0.05) is 6.07 Å². The van der Waals surface area contributed by atoms with Crippen molar-refractivity contribution in [3.63, 3.8) is 0 Å². The summed E-state index contributed by atoms with van der Waals surface area (Å²) < 4.78 is 2.93. The lowest BCUT2D eigenvalue weighted by Gasteiger charge is -2.42. The lowest BCUT2D eigenvalue weighted by molar-refractivity contribution is 0.0595. The molecule has 2 aromatic heterocycles. The van der Waals surface area contributed by atoms with E-state index in [1.165, 1.54) is 0 Å². The molecular weight excluding hydrogens is 334 g/mol. The molecule has 5 rings (SSSR count). The smallest absolute Gasteiger partial charge is 0.253 e. The van der Waals surface area contributed by atoms with Crippen molar-refractivity contribution in [3.8, 4) is 0 Å². The number of likely N-dealkylation sites (tertiary alicyclic amines) is 1. The van der Waals surface area contributed by atoms with Crippen LogP contribution in [0.1, 0.15) is 28.4 Å². The maximum atomic E-state index is 13.0. The first kappa shape index (κ1) is 14.8. The molecular formula is C19H17N3O2S. The van der Waals surface area contributed by atoms with Crippen molar-refractivity contribution in [2.24, 2.45) is 5.92 Å². The van der Waals surface area contributed by atoms with Gasteiger partial charge >= 0.3 is 0 Å². The van der Waals surface area contributed by atoms with Gasteiger partial charge in [0, 0.05) is 42.9 Å². The number of hydrogen-bond donors (Lipinski definition) is 0. The predicted octanol–water partition coefficient (Wildman–Crippen LogP) is 2.72. The predicted molar refractivity (Wildman–Crippen MR) is 97.1 cm³/mol. The SMILES string of the molecule is O=C(c1ccc2ncsc2c1)N1C[C@@H]2C[C@H](C1)c1cccc(=O)n1C2. The Labute approximate surface area is 148 Å². The Morgan fingerprint density at radius 2 is 2.08 bits per heavy atom. The van der Waals surface area contributed by atoms with Crippen molar-refractivity contribution in [2.45, 2.75) is 18.9 Å². The van der Waals surface area contributed by atoms with Gasteiger partial charge in [-0.3, -0.25) is 9.59 Å². The van der Waals surface area contributed by atoms with E-state index in [9.17, 15) is 9.59 Å². The van der Waals surface area contributed by atoms with Gasteiger partial charge in [0.25, 0.3) is 11.5 Å². The first-order valence-electron chi connectivity index (χ1n) is 8.51. The van der Waals surface area contributed by atoms with Crippen molar-refractivity contribution in [1.82, 2.24) is 14.5 Å². The molecule has 5 nitrogen and oxygen atoms in total. The Hall–Kier alpha value is -2.47. The molecule has 0 N–H and O–H groups in total. The normalized spacial score (nSPS) is 22.0. The maximum absolute atomic E-state index is 13.0. The Bertz CT molecular complexity index is 1040. The highest BCUT2D eigenvalue weighted by Crippen LogP contribution is 2.35. The topological polar surface area (TPSA) is 55.2 Å². The van der Waals surface area contributed by atoms with Gasteiger partial charge in [0.2, 0.25) is 0 Å². The van der Waals surface area contributed by atoms with Crippen molar-refractivity contribution in [1.29, 1.82) is 0 Å². The van der Waals surface area contributed by atoms with Crippen LogP contribution in [0, 0.1) is 5.92 Å². The molecule has 0 radical (unpaired) electrons. The maximum Gasteiger partial charge on any atom is 0.253 e. The number of fused-ring (bicyclic) bond motifs is 5. The van der Waals surface area contributed by atoms with Gasteiger partial charge in [0.05, 0.1) is 15.7 Å². The zero-order valence-electron chi connectivity index (χ0n) is 13.6. The molecule has 2 aliphatic heterocycles. The van der Waals surface area contributed by atoms with Crippen molar-refractivity contribution >= 4 is 27.5 Å². The van der Waals surface area contributed by atoms with Crippen LogP contribution in [0.3, 0.4) is 0 Å². The summed E-state index contributed by atoms with van der Waals surface area (Å²) in [5.74, 6) is 0.677. The summed E-state index contributed by atoms with van der Waals surface area (Å²) in [6.07, 6.45) is 1.06. The minimum Gasteiger partial charge on any atom is -0.338 e. The summed E-state index contributed by atoms with van der Waals surface area (Å²) in [6.45, 7) is 2.11. The quantitative estimate of drug-likeness (QED) is 0.677. The first-order chi connectivity index (χ1) is 12.2. The third kappa shape index (κ3) is 2.40. The molecule has 1 amide bonds. The Morgan fingerprint density at radius 1 is 1.16 bits per heavy atom. The van der Waals surface area contributed by atoms with Gasteiger partial charge < -0.3 is 9.47 Å². The summed E-state index contributed by atoms with van der Waals surface area (Å²) >= 11 is 1.55. The van der Waals surface area contributed by atoms with Crippen LogP contribution in [0.25, 0.3) is 10.2 Å². The molecule has 0 aliphatic carbocycles. The highest BCUT2D eigenvalue weighted by molar-refractivity contribution is 7.16. The molecule has 0 unspecified atom stereocenters. The third-order valence-corrected chi connectivity index (χ3v) is 6.14. The highest BCUT2D eigenvalue weighted by atomic mass is 32.1. The number of carbonyl (C=O) groups excluding carboxylic acids is 1. The Balaban J connectivity index is 1.46. The van der Waals surface area contributed by atoms with Crippen molar-refractivity contribution < 1.29 is 4.79 Å². The van der Waals surface area contributed by atoms with Crippen LogP contribution in [-0.2, 0) is 6.54 Å². The number of pyridine rings is 1. The number of thiazole rings is 1. The van der Waals surface area contributed by atoms with Crippen LogP contribution in [0.5, 0.6) is 0 Å². The second kappa shape index (κ2) is 5.52. The summed E-state index contributed by atoms with van der Waals surface area (Å²) in [6, 6.07) is 11.2. The van der Waals surface area contributed by atoms with Crippen molar-refractivity contribution in [3.05, 3.63) is 63.5 Å². The van der Waals surface area contributed by atoms with Crippen molar-refractivity contribution in [2.75, 3.05) is 13.1 Å². The molecule has 1 saturated heterocycles. The number of piperidine rings is 1. The van der Waals surface area contributed by atoms with E-state index in [2.05, 4.69) is 4.98 Å². The number of carbonyl (C=O) groups is 1.